The van der Waals surface area contributed by atoms with E-state index in [4.69, 9.17) is 0 Å². The number of hydrogen-bond donors (Lipinski definition) is 0. The van der Waals surface area contributed by atoms with Crippen LogP contribution in [0, 0.1) is 19.8 Å². The summed E-state index contributed by atoms with van der Waals surface area (Å²) in [5.74, 6) is 0.520. The molecule has 1 atom stereocenters. The average Bonchev–Trinajstić information content (AvgIpc) is 3.05. The fraction of sp³-hybridized carbons (Fsp3) is 0.684. The van der Waals surface area contributed by atoms with E-state index in [-0.39, 0.29) is 0 Å². The molecule has 0 aliphatic carbocycles. The van der Waals surface area contributed by atoms with Crippen molar-refractivity contribution >= 4 is 15.7 Å². The SMILES string of the molecule is Cc1cccc(N2CCN(CCC3CCN(S(C)(=O)=O)C3)CC2)c1C. The maximum atomic E-state index is 11.6. The Hall–Kier alpha value is -1.11. The number of nitrogens with zero attached hydrogens (tertiary/aromatic N) is 3. The standard InChI is InChI=1S/C19H31N3O2S/c1-16-5-4-6-19(17(16)2)21-13-11-20(12-14-21)9-7-18-8-10-22(15-18)25(3,23)24/h4-6,18H,7-15H2,1-3H3. The predicted molar refractivity (Wildman–Crippen MR) is 104 cm³/mol. The third-order valence-corrected chi connectivity index (χ3v) is 7.13. The highest BCUT2D eigenvalue weighted by atomic mass is 32.2. The minimum Gasteiger partial charge on any atom is -0.369 e. The number of aryl methyl sites for hydroxylation is 1. The molecule has 2 fully saturated rings. The second kappa shape index (κ2) is 7.64. The quantitative estimate of drug-likeness (QED) is 0.802. The lowest BCUT2D eigenvalue weighted by atomic mass is 10.0. The van der Waals surface area contributed by atoms with Gasteiger partial charge in [0.2, 0.25) is 10.0 Å². The van der Waals surface area contributed by atoms with E-state index in [0.29, 0.717) is 19.0 Å². The van der Waals surface area contributed by atoms with Gasteiger partial charge in [0.25, 0.3) is 0 Å². The zero-order valence-electron chi connectivity index (χ0n) is 15.7. The van der Waals surface area contributed by atoms with E-state index >= 15 is 0 Å². The van der Waals surface area contributed by atoms with Crippen molar-refractivity contribution in [3.05, 3.63) is 29.3 Å². The molecule has 2 aliphatic rings. The van der Waals surface area contributed by atoms with Gasteiger partial charge in [0.05, 0.1) is 6.26 Å². The topological polar surface area (TPSA) is 43.9 Å². The van der Waals surface area contributed by atoms with Crippen molar-refractivity contribution in [2.24, 2.45) is 5.92 Å². The molecule has 3 rings (SSSR count). The smallest absolute Gasteiger partial charge is 0.211 e. The summed E-state index contributed by atoms with van der Waals surface area (Å²) in [7, 11) is -3.01. The second-order valence-corrected chi connectivity index (χ2v) is 9.59. The monoisotopic (exact) mass is 365 g/mol. The summed E-state index contributed by atoms with van der Waals surface area (Å²) in [6.45, 7) is 11.2. The van der Waals surface area contributed by atoms with Crippen molar-refractivity contribution in [3.8, 4) is 0 Å². The van der Waals surface area contributed by atoms with Crippen LogP contribution >= 0.6 is 0 Å². The van der Waals surface area contributed by atoms with Crippen molar-refractivity contribution in [2.45, 2.75) is 26.7 Å². The van der Waals surface area contributed by atoms with Gasteiger partial charge in [-0.05, 0) is 56.3 Å². The van der Waals surface area contributed by atoms with Gasteiger partial charge in [-0.15, -0.1) is 0 Å². The normalized spacial score (nSPS) is 23.3. The Morgan fingerprint density at radius 2 is 1.80 bits per heavy atom. The van der Waals surface area contributed by atoms with Crippen molar-refractivity contribution in [2.75, 3.05) is 57.0 Å². The van der Waals surface area contributed by atoms with Crippen molar-refractivity contribution in [1.82, 2.24) is 9.21 Å². The van der Waals surface area contributed by atoms with Crippen LogP contribution in [0.2, 0.25) is 0 Å². The van der Waals surface area contributed by atoms with Gasteiger partial charge in [0, 0.05) is 45.0 Å². The average molecular weight is 366 g/mol. The number of sulfonamides is 1. The van der Waals surface area contributed by atoms with Gasteiger partial charge < -0.3 is 4.90 Å². The van der Waals surface area contributed by atoms with Crippen LogP contribution in [-0.4, -0.2) is 69.7 Å². The van der Waals surface area contributed by atoms with Gasteiger partial charge in [-0.2, -0.15) is 0 Å². The summed E-state index contributed by atoms with van der Waals surface area (Å²) in [5.41, 5.74) is 4.12. The molecule has 0 bridgehead atoms. The summed E-state index contributed by atoms with van der Waals surface area (Å²) >= 11 is 0. The van der Waals surface area contributed by atoms with E-state index in [9.17, 15) is 8.42 Å². The lowest BCUT2D eigenvalue weighted by Crippen LogP contribution is -2.47. The second-order valence-electron chi connectivity index (χ2n) is 7.61. The Morgan fingerprint density at radius 1 is 1.08 bits per heavy atom. The van der Waals surface area contributed by atoms with Crippen LogP contribution in [0.1, 0.15) is 24.0 Å². The van der Waals surface area contributed by atoms with E-state index in [1.807, 2.05) is 0 Å². The largest absolute Gasteiger partial charge is 0.369 e. The van der Waals surface area contributed by atoms with Crippen LogP contribution in [-0.2, 0) is 10.0 Å². The first-order valence-corrected chi connectivity index (χ1v) is 11.2. The molecule has 0 saturated carbocycles. The van der Waals surface area contributed by atoms with Crippen molar-refractivity contribution < 1.29 is 8.42 Å². The molecule has 1 unspecified atom stereocenters. The Morgan fingerprint density at radius 3 is 2.44 bits per heavy atom. The summed E-state index contributed by atoms with van der Waals surface area (Å²) in [4.78, 5) is 5.03. The van der Waals surface area contributed by atoms with E-state index in [1.165, 1.54) is 23.1 Å². The number of benzene rings is 1. The van der Waals surface area contributed by atoms with E-state index in [1.54, 1.807) is 4.31 Å². The highest BCUT2D eigenvalue weighted by Crippen LogP contribution is 2.25. The van der Waals surface area contributed by atoms with Gasteiger partial charge >= 0.3 is 0 Å². The molecule has 5 nitrogen and oxygen atoms in total. The molecular weight excluding hydrogens is 334 g/mol. The minimum atomic E-state index is -3.01. The molecule has 2 aliphatic heterocycles. The highest BCUT2D eigenvalue weighted by molar-refractivity contribution is 7.88. The molecular formula is C19H31N3O2S. The Labute approximate surface area is 152 Å². The summed E-state index contributed by atoms with van der Waals surface area (Å²) in [6.07, 6.45) is 3.44. The number of piperazine rings is 1. The predicted octanol–water partition coefficient (Wildman–Crippen LogP) is 2.10. The fourth-order valence-electron chi connectivity index (χ4n) is 3.99. The van der Waals surface area contributed by atoms with Crippen LogP contribution in [0.15, 0.2) is 18.2 Å². The molecule has 6 heteroatoms. The first kappa shape index (κ1) is 18.7. The van der Waals surface area contributed by atoms with Gasteiger partial charge in [0.1, 0.15) is 0 Å². The molecule has 0 radical (unpaired) electrons. The number of anilines is 1. The Kier molecular flexibility index (Phi) is 5.71. The first-order valence-electron chi connectivity index (χ1n) is 9.33. The van der Waals surface area contributed by atoms with Crippen molar-refractivity contribution in [3.63, 3.8) is 0 Å². The molecule has 140 valence electrons. The number of rotatable bonds is 5. The van der Waals surface area contributed by atoms with Crippen LogP contribution in [0.3, 0.4) is 0 Å². The molecule has 25 heavy (non-hydrogen) atoms. The lowest BCUT2D eigenvalue weighted by Gasteiger charge is -2.37. The molecule has 0 amide bonds. The molecule has 1 aromatic rings. The maximum absolute atomic E-state index is 11.6. The van der Waals surface area contributed by atoms with Gasteiger partial charge in [0.15, 0.2) is 0 Å². The number of hydrogen-bond acceptors (Lipinski definition) is 4. The van der Waals surface area contributed by atoms with Gasteiger partial charge in [-0.25, -0.2) is 12.7 Å². The lowest BCUT2D eigenvalue weighted by molar-refractivity contribution is 0.239. The summed E-state index contributed by atoms with van der Waals surface area (Å²) in [6, 6.07) is 6.56. The van der Waals surface area contributed by atoms with E-state index in [0.717, 1.165) is 45.6 Å². The van der Waals surface area contributed by atoms with Crippen LogP contribution in [0.4, 0.5) is 5.69 Å². The minimum absolute atomic E-state index is 0.520. The zero-order chi connectivity index (χ0) is 18.0. The fourth-order valence-corrected chi connectivity index (χ4v) is 4.91. The van der Waals surface area contributed by atoms with E-state index < -0.39 is 10.0 Å². The first-order chi connectivity index (χ1) is 11.8. The van der Waals surface area contributed by atoms with Crippen LogP contribution in [0.25, 0.3) is 0 Å². The van der Waals surface area contributed by atoms with Gasteiger partial charge in [-0.1, -0.05) is 12.1 Å². The zero-order valence-corrected chi connectivity index (χ0v) is 16.6. The maximum Gasteiger partial charge on any atom is 0.211 e. The Balaban J connectivity index is 1.45. The molecule has 0 spiro atoms. The van der Waals surface area contributed by atoms with Crippen LogP contribution in [0.5, 0.6) is 0 Å². The molecule has 2 saturated heterocycles. The molecule has 2 heterocycles. The Bertz CT molecular complexity index is 697. The van der Waals surface area contributed by atoms with Crippen LogP contribution < -0.4 is 4.90 Å². The summed E-state index contributed by atoms with van der Waals surface area (Å²) in [5, 5.41) is 0. The van der Waals surface area contributed by atoms with E-state index in [2.05, 4.69) is 41.8 Å². The molecule has 0 aromatic heterocycles. The molecule has 0 N–H and O–H groups in total. The third kappa shape index (κ3) is 4.54. The molecule has 1 aromatic carbocycles. The third-order valence-electron chi connectivity index (χ3n) is 5.86. The van der Waals surface area contributed by atoms with Crippen molar-refractivity contribution in [1.29, 1.82) is 0 Å². The van der Waals surface area contributed by atoms with Gasteiger partial charge in [-0.3, -0.25) is 4.90 Å². The highest BCUT2D eigenvalue weighted by Gasteiger charge is 2.29. The summed E-state index contributed by atoms with van der Waals surface area (Å²) < 4.78 is 24.9.